The van der Waals surface area contributed by atoms with Gasteiger partial charge in [0.2, 0.25) is 0 Å². The fourth-order valence-corrected chi connectivity index (χ4v) is 7.89. The smallest absolute Gasteiger partial charge is 0.272 e. The van der Waals surface area contributed by atoms with Crippen LogP contribution >= 0.6 is 23.2 Å². The molecular weight excluding hydrogens is 627 g/mol. The fraction of sp³-hybridized carbons (Fsp3) is 0.237. The van der Waals surface area contributed by atoms with Gasteiger partial charge in [-0.05, 0) is 73.9 Å². The number of carbonyl (C=O) groups excluding carboxylic acids is 1. The highest BCUT2D eigenvalue weighted by Gasteiger charge is 2.41. The maximum atomic E-state index is 14.5. The maximum Gasteiger partial charge on any atom is 0.272 e. The van der Waals surface area contributed by atoms with Gasteiger partial charge < -0.3 is 25.4 Å². The van der Waals surface area contributed by atoms with E-state index in [-0.39, 0.29) is 17.9 Å². The van der Waals surface area contributed by atoms with Crippen LogP contribution in [0.15, 0.2) is 102 Å². The minimum atomic E-state index is -0.234. The molecule has 4 aliphatic rings. The Labute approximate surface area is 284 Å². The second-order valence-corrected chi connectivity index (χ2v) is 13.3. The summed E-state index contributed by atoms with van der Waals surface area (Å²) >= 11 is 13.2. The second-order valence-electron chi connectivity index (χ2n) is 12.4. The summed E-state index contributed by atoms with van der Waals surface area (Å²) in [6.45, 7) is 1.73. The molecule has 1 aliphatic carbocycles. The number of H-pyrrole nitrogens is 1. The number of halogens is 2. The molecule has 0 radical (unpaired) electrons. The number of aromatic nitrogens is 2. The van der Waals surface area contributed by atoms with Crippen LogP contribution in [-0.2, 0) is 0 Å². The third-order valence-electron chi connectivity index (χ3n) is 9.75. The Bertz CT molecular complexity index is 2050. The third kappa shape index (κ3) is 5.30. The van der Waals surface area contributed by atoms with Gasteiger partial charge in [-0.3, -0.25) is 4.79 Å². The number of nitrogens with one attached hydrogen (secondary N) is 3. The number of carbonyl (C=O) groups is 1. The summed E-state index contributed by atoms with van der Waals surface area (Å²) in [4.78, 5) is 27.3. The molecule has 5 heterocycles. The number of hydrogen-bond acceptors (Lipinski definition) is 5. The number of pyridine rings is 1. The topological polar surface area (TPSA) is 76.3 Å². The number of aromatic amines is 1. The number of nitrogens with zero attached hydrogens (tertiary/aromatic N) is 3. The first-order valence-electron chi connectivity index (χ1n) is 16.1. The van der Waals surface area contributed by atoms with Crippen LogP contribution in [0.3, 0.4) is 0 Å². The summed E-state index contributed by atoms with van der Waals surface area (Å²) in [5, 5.41) is 8.98. The predicted molar refractivity (Wildman–Crippen MR) is 191 cm³/mol. The Morgan fingerprint density at radius 3 is 2.68 bits per heavy atom. The van der Waals surface area contributed by atoms with Crippen molar-refractivity contribution in [3.63, 3.8) is 0 Å². The van der Waals surface area contributed by atoms with Crippen molar-refractivity contribution in [3.8, 4) is 0 Å². The lowest BCUT2D eigenvalue weighted by Gasteiger charge is -2.42. The van der Waals surface area contributed by atoms with Crippen molar-refractivity contribution in [1.82, 2.24) is 20.2 Å². The predicted octanol–water partition coefficient (Wildman–Crippen LogP) is 8.26. The number of hydrogen-bond donors (Lipinski definition) is 3. The van der Waals surface area contributed by atoms with Crippen molar-refractivity contribution in [1.29, 1.82) is 0 Å². The Kier molecular flexibility index (Phi) is 7.78. The molecule has 9 heteroatoms. The van der Waals surface area contributed by atoms with Crippen LogP contribution in [-0.4, -0.2) is 47.0 Å². The minimum Gasteiger partial charge on any atom is -0.355 e. The Morgan fingerprint density at radius 2 is 1.91 bits per heavy atom. The fourth-order valence-electron chi connectivity index (χ4n) is 7.50. The lowest BCUT2D eigenvalue weighted by atomic mass is 9.79. The molecule has 1 fully saturated rings. The van der Waals surface area contributed by atoms with Crippen LogP contribution in [0.4, 0.5) is 11.5 Å². The molecule has 2 aromatic heterocycles. The molecule has 2 aromatic carbocycles. The zero-order valence-electron chi connectivity index (χ0n) is 25.9. The van der Waals surface area contributed by atoms with Crippen molar-refractivity contribution in [2.24, 2.45) is 5.92 Å². The summed E-state index contributed by atoms with van der Waals surface area (Å²) in [6, 6.07) is 18.4. The standard InChI is InChI=1S/C38H34Cl2N6O/c1-41-27-15-19-45(20-16-27)37-30(10-5-17-42-37)44-38(47)34-33-32-29(21-26(40)22-31(32)43-34)35(24-11-13-25(39)14-12-24)46-18-6-9-28(36(33)46)23-7-3-2-4-8-23/h2-5,7-11,13-14,17-18,21-22,24,27,35,41,43H,12,15-16,19-20H2,1H3,(H,44,47). The summed E-state index contributed by atoms with van der Waals surface area (Å²) in [5.74, 6) is 0.670. The molecule has 1 amide bonds. The molecule has 3 N–H and O–H groups in total. The number of piperidine rings is 1. The van der Waals surface area contributed by atoms with E-state index >= 15 is 0 Å². The quantitative estimate of drug-likeness (QED) is 0.182. The van der Waals surface area contributed by atoms with Crippen LogP contribution in [0.1, 0.15) is 52.5 Å². The molecule has 2 atom stereocenters. The number of allylic oxidation sites excluding steroid dienone is 5. The maximum absolute atomic E-state index is 14.5. The van der Waals surface area contributed by atoms with Crippen LogP contribution in [0.5, 0.6) is 0 Å². The average Bonchev–Trinajstić information content (AvgIpc) is 3.49. The second kappa shape index (κ2) is 12.3. The van der Waals surface area contributed by atoms with Gasteiger partial charge in [0.05, 0.1) is 17.4 Å². The van der Waals surface area contributed by atoms with E-state index in [9.17, 15) is 4.79 Å². The van der Waals surface area contributed by atoms with E-state index in [2.05, 4.69) is 55.4 Å². The number of fused-ring (bicyclic) bond motifs is 2. The zero-order valence-corrected chi connectivity index (χ0v) is 27.4. The first-order chi connectivity index (χ1) is 23.0. The van der Waals surface area contributed by atoms with Crippen LogP contribution in [0, 0.1) is 5.92 Å². The van der Waals surface area contributed by atoms with Gasteiger partial charge in [0, 0.05) is 69.5 Å². The van der Waals surface area contributed by atoms with Gasteiger partial charge in [-0.1, -0.05) is 65.7 Å². The van der Waals surface area contributed by atoms with Crippen molar-refractivity contribution in [3.05, 3.63) is 129 Å². The summed E-state index contributed by atoms with van der Waals surface area (Å²) < 4.78 is 0. The molecule has 0 bridgehead atoms. The minimum absolute atomic E-state index is 0.0898. The molecule has 2 unspecified atom stereocenters. The Balaban J connectivity index is 1.29. The van der Waals surface area contributed by atoms with Gasteiger partial charge in [-0.25, -0.2) is 4.98 Å². The molecule has 3 aliphatic heterocycles. The SMILES string of the molecule is CNC1CCN(c2ncccc2NC(=O)c2[nH]c3cc(Cl)cc4c3c2C2=C(c3ccccc3)C=C=CN2C4C2C=CC(Cl)=CC2)CC1. The first kappa shape index (κ1) is 29.9. The summed E-state index contributed by atoms with van der Waals surface area (Å²) in [7, 11) is 2.01. The van der Waals surface area contributed by atoms with E-state index in [1.54, 1.807) is 6.20 Å². The number of rotatable bonds is 6. The van der Waals surface area contributed by atoms with Gasteiger partial charge in [-0.2, -0.15) is 0 Å². The van der Waals surface area contributed by atoms with Crippen molar-refractivity contribution >= 4 is 62.8 Å². The number of amides is 1. The molecule has 4 aromatic rings. The zero-order chi connectivity index (χ0) is 32.1. The largest absolute Gasteiger partial charge is 0.355 e. The van der Waals surface area contributed by atoms with Gasteiger partial charge in [0.15, 0.2) is 5.82 Å². The van der Waals surface area contributed by atoms with E-state index in [0.29, 0.717) is 22.4 Å². The van der Waals surface area contributed by atoms with Crippen LogP contribution in [0.2, 0.25) is 5.02 Å². The monoisotopic (exact) mass is 660 g/mol. The third-order valence-corrected chi connectivity index (χ3v) is 10.2. The molecule has 1 saturated heterocycles. The first-order valence-corrected chi connectivity index (χ1v) is 16.8. The molecule has 7 nitrogen and oxygen atoms in total. The normalized spacial score (nSPS) is 20.5. The van der Waals surface area contributed by atoms with E-state index in [4.69, 9.17) is 28.2 Å². The molecule has 0 saturated carbocycles. The van der Waals surface area contributed by atoms with E-state index in [1.807, 2.05) is 67.9 Å². The van der Waals surface area contributed by atoms with Crippen molar-refractivity contribution < 1.29 is 4.79 Å². The van der Waals surface area contributed by atoms with Crippen LogP contribution < -0.4 is 15.5 Å². The molecular formula is C38H34Cl2N6O. The lowest BCUT2D eigenvalue weighted by Crippen LogP contribution is -2.41. The summed E-state index contributed by atoms with van der Waals surface area (Å²) in [6.07, 6.45) is 14.8. The van der Waals surface area contributed by atoms with Gasteiger partial charge in [-0.15, -0.1) is 5.73 Å². The highest BCUT2D eigenvalue weighted by Crippen LogP contribution is 2.52. The molecule has 0 spiro atoms. The van der Waals surface area contributed by atoms with Gasteiger partial charge >= 0.3 is 0 Å². The Hall–Kier alpha value is -4.52. The van der Waals surface area contributed by atoms with Gasteiger partial charge in [0.25, 0.3) is 5.91 Å². The molecule has 236 valence electrons. The van der Waals surface area contributed by atoms with Gasteiger partial charge in [0.1, 0.15) is 5.69 Å². The lowest BCUT2D eigenvalue weighted by molar-refractivity contribution is 0.102. The Morgan fingerprint density at radius 1 is 1.09 bits per heavy atom. The van der Waals surface area contributed by atoms with E-state index < -0.39 is 0 Å². The highest BCUT2D eigenvalue weighted by molar-refractivity contribution is 6.32. The summed E-state index contributed by atoms with van der Waals surface area (Å²) in [5.41, 5.74) is 10.3. The highest BCUT2D eigenvalue weighted by atomic mass is 35.5. The molecule has 8 rings (SSSR count). The molecule has 47 heavy (non-hydrogen) atoms. The number of anilines is 2. The van der Waals surface area contributed by atoms with E-state index in [0.717, 1.165) is 82.1 Å². The van der Waals surface area contributed by atoms with E-state index in [1.165, 1.54) is 0 Å². The van der Waals surface area contributed by atoms with Crippen LogP contribution in [0.25, 0.3) is 22.2 Å². The van der Waals surface area contributed by atoms with Crippen molar-refractivity contribution in [2.75, 3.05) is 30.4 Å². The van der Waals surface area contributed by atoms with Crippen molar-refractivity contribution in [2.45, 2.75) is 31.3 Å². The average molecular weight is 662 g/mol. The number of benzene rings is 2.